The van der Waals surface area contributed by atoms with E-state index in [1.807, 2.05) is 72.9 Å². The molecule has 0 aromatic heterocycles. The molecule has 0 heterocycles. The zero-order valence-corrected chi connectivity index (χ0v) is 12.5. The van der Waals surface area contributed by atoms with Crippen LogP contribution in [0, 0.1) is 0 Å². The van der Waals surface area contributed by atoms with Crippen molar-refractivity contribution in [3.05, 3.63) is 109 Å². The molecule has 0 saturated carbocycles. The Labute approximate surface area is 129 Å². The first-order valence-corrected chi connectivity index (χ1v) is 7.48. The molecule has 0 aromatic carbocycles. The number of allylic oxidation sites excluding steroid dienone is 18. The van der Waals surface area contributed by atoms with Crippen LogP contribution in [0.25, 0.3) is 0 Å². The van der Waals surface area contributed by atoms with Gasteiger partial charge < -0.3 is 0 Å². The average Bonchev–Trinajstić information content (AvgIpc) is 2.50. The van der Waals surface area contributed by atoms with Gasteiger partial charge in [-0.2, -0.15) is 0 Å². The van der Waals surface area contributed by atoms with Crippen LogP contribution >= 0.6 is 0 Å². The summed E-state index contributed by atoms with van der Waals surface area (Å²) in [4.78, 5) is 0. The van der Waals surface area contributed by atoms with Crippen molar-refractivity contribution in [3.8, 4) is 0 Å². The lowest BCUT2D eigenvalue weighted by Crippen LogP contribution is -1.68. The summed E-state index contributed by atoms with van der Waals surface area (Å²) < 4.78 is 0. The third kappa shape index (κ3) is 12.4. The van der Waals surface area contributed by atoms with Crippen LogP contribution in [0.3, 0.4) is 0 Å². The fourth-order valence-electron chi connectivity index (χ4n) is 1.60. The molecule has 0 unspecified atom stereocenters. The fraction of sp³-hybridized carbons (Fsp3) is 0.143. The van der Waals surface area contributed by atoms with Gasteiger partial charge in [-0.3, -0.25) is 0 Å². The zero-order chi connectivity index (χ0) is 14.8. The maximum Gasteiger partial charge on any atom is -0.0345 e. The molecular weight excluding hydrogens is 252 g/mol. The minimum atomic E-state index is 1.12. The van der Waals surface area contributed by atoms with Crippen LogP contribution in [-0.2, 0) is 0 Å². The van der Waals surface area contributed by atoms with Crippen LogP contribution in [0.2, 0.25) is 0 Å². The van der Waals surface area contributed by atoms with Crippen LogP contribution in [0.1, 0.15) is 19.3 Å². The lowest BCUT2D eigenvalue weighted by Gasteiger charge is -1.88. The Morgan fingerprint density at radius 2 is 0.524 bits per heavy atom. The minimum absolute atomic E-state index is 1.12. The highest BCUT2D eigenvalue weighted by Gasteiger charge is 1.78. The summed E-state index contributed by atoms with van der Waals surface area (Å²) >= 11 is 0. The Morgan fingerprint density at radius 3 is 0.810 bits per heavy atom. The summed E-state index contributed by atoms with van der Waals surface area (Å²) in [5.74, 6) is 0. The molecule has 0 amide bonds. The van der Waals surface area contributed by atoms with Gasteiger partial charge in [0, 0.05) is 0 Å². The molecule has 0 spiro atoms. The van der Waals surface area contributed by atoms with Crippen molar-refractivity contribution in [2.45, 2.75) is 19.3 Å². The molecule has 0 fully saturated rings. The van der Waals surface area contributed by atoms with Gasteiger partial charge in [0.15, 0.2) is 0 Å². The van der Waals surface area contributed by atoms with E-state index in [0.29, 0.717) is 0 Å². The predicted molar refractivity (Wildman–Crippen MR) is 96.1 cm³/mol. The molecule has 1 aliphatic rings. The van der Waals surface area contributed by atoms with Crippen molar-refractivity contribution in [1.82, 2.24) is 0 Å². The quantitative estimate of drug-likeness (QED) is 0.496. The topological polar surface area (TPSA) is 0 Å². The van der Waals surface area contributed by atoms with Gasteiger partial charge in [-0.25, -0.2) is 0 Å². The van der Waals surface area contributed by atoms with E-state index in [1.165, 1.54) is 6.42 Å². The van der Waals surface area contributed by atoms with Crippen molar-refractivity contribution >= 4 is 0 Å². The molecule has 0 bridgehead atoms. The smallest absolute Gasteiger partial charge is 0.0345 e. The molecule has 0 aliphatic heterocycles. The third-order valence-electron chi connectivity index (χ3n) is 2.68. The second kappa shape index (κ2) is 14.1. The SMILES string of the molecule is C1=CCCC/C=C/C=C/C=C/C=C/C=C\C=C\C=C\C=C\1. The predicted octanol–water partition coefficient (Wildman–Crippen LogP) is 6.18. The zero-order valence-electron chi connectivity index (χ0n) is 12.5. The van der Waals surface area contributed by atoms with Gasteiger partial charge in [0.2, 0.25) is 0 Å². The van der Waals surface area contributed by atoms with Gasteiger partial charge in [0.1, 0.15) is 0 Å². The molecule has 1 rings (SSSR count). The van der Waals surface area contributed by atoms with E-state index in [2.05, 4.69) is 36.5 Å². The fourth-order valence-corrected chi connectivity index (χ4v) is 1.60. The van der Waals surface area contributed by atoms with Crippen molar-refractivity contribution in [3.63, 3.8) is 0 Å². The summed E-state index contributed by atoms with van der Waals surface area (Å²) in [5, 5.41) is 0. The normalized spacial score (nSPS) is 29.3. The van der Waals surface area contributed by atoms with Crippen LogP contribution < -0.4 is 0 Å². The lowest BCUT2D eigenvalue weighted by molar-refractivity contribution is 0.868. The average molecular weight is 276 g/mol. The molecule has 0 atom stereocenters. The van der Waals surface area contributed by atoms with E-state index in [-0.39, 0.29) is 0 Å². The summed E-state index contributed by atoms with van der Waals surface area (Å²) in [6.07, 6.45) is 40.5. The first kappa shape index (κ1) is 16.7. The summed E-state index contributed by atoms with van der Waals surface area (Å²) in [6.45, 7) is 0. The van der Waals surface area contributed by atoms with Crippen LogP contribution in [0.5, 0.6) is 0 Å². The Hall–Kier alpha value is -2.34. The van der Waals surface area contributed by atoms with Crippen LogP contribution in [-0.4, -0.2) is 0 Å². The van der Waals surface area contributed by atoms with Gasteiger partial charge in [-0.15, -0.1) is 0 Å². The standard InChI is InChI=1S/C21H24/c1-2-4-6-8-10-12-14-16-18-20-21-19-17-15-13-11-9-7-5-3-1/h1-18H,19-21H2/b2-1-,5-3+,6-4+,9-7+,10-8+,13-11+,14-12+,17-15+,18-16?. The van der Waals surface area contributed by atoms with E-state index >= 15 is 0 Å². The van der Waals surface area contributed by atoms with Gasteiger partial charge in [-0.1, -0.05) is 109 Å². The van der Waals surface area contributed by atoms with Gasteiger partial charge >= 0.3 is 0 Å². The highest BCUT2D eigenvalue weighted by atomic mass is 13.8. The van der Waals surface area contributed by atoms with Crippen LogP contribution in [0.4, 0.5) is 0 Å². The summed E-state index contributed by atoms with van der Waals surface area (Å²) in [5.41, 5.74) is 0. The molecule has 108 valence electrons. The van der Waals surface area contributed by atoms with E-state index in [4.69, 9.17) is 0 Å². The Morgan fingerprint density at radius 1 is 0.286 bits per heavy atom. The van der Waals surface area contributed by atoms with Crippen molar-refractivity contribution < 1.29 is 0 Å². The molecule has 0 saturated heterocycles. The second-order valence-electron chi connectivity index (χ2n) is 4.48. The molecule has 0 aromatic rings. The van der Waals surface area contributed by atoms with Crippen molar-refractivity contribution in [2.24, 2.45) is 0 Å². The first-order valence-electron chi connectivity index (χ1n) is 7.48. The largest absolute Gasteiger partial charge is 0.0845 e. The van der Waals surface area contributed by atoms with Crippen molar-refractivity contribution in [1.29, 1.82) is 0 Å². The van der Waals surface area contributed by atoms with Crippen molar-refractivity contribution in [2.75, 3.05) is 0 Å². The van der Waals surface area contributed by atoms with Gasteiger partial charge in [-0.05, 0) is 19.3 Å². The summed E-state index contributed by atoms with van der Waals surface area (Å²) in [6, 6.07) is 0. The highest BCUT2D eigenvalue weighted by Crippen LogP contribution is 1.98. The molecule has 0 nitrogen and oxygen atoms in total. The molecule has 0 radical (unpaired) electrons. The summed E-state index contributed by atoms with van der Waals surface area (Å²) in [7, 11) is 0. The van der Waals surface area contributed by atoms with E-state index in [1.54, 1.807) is 0 Å². The van der Waals surface area contributed by atoms with Crippen LogP contribution in [0.15, 0.2) is 109 Å². The molecule has 0 heteroatoms. The Bertz CT molecular complexity index is 454. The second-order valence-corrected chi connectivity index (χ2v) is 4.48. The minimum Gasteiger partial charge on any atom is -0.0845 e. The first-order chi connectivity index (χ1) is 10.5. The number of hydrogen-bond donors (Lipinski definition) is 0. The van der Waals surface area contributed by atoms with Gasteiger partial charge in [0.05, 0.1) is 0 Å². The van der Waals surface area contributed by atoms with E-state index in [0.717, 1.165) is 12.8 Å². The molecule has 21 heavy (non-hydrogen) atoms. The maximum atomic E-state index is 2.21. The Kier molecular flexibility index (Phi) is 11.2. The van der Waals surface area contributed by atoms with Gasteiger partial charge in [0.25, 0.3) is 0 Å². The maximum absolute atomic E-state index is 2.21. The lowest BCUT2D eigenvalue weighted by atomic mass is 10.2. The molecular formula is C21H24. The number of rotatable bonds is 0. The number of hydrogen-bond acceptors (Lipinski definition) is 0. The Balaban J connectivity index is 2.56. The molecule has 0 N–H and O–H groups in total. The highest BCUT2D eigenvalue weighted by molar-refractivity contribution is 5.21. The molecule has 1 aliphatic carbocycles. The van der Waals surface area contributed by atoms with E-state index in [9.17, 15) is 0 Å². The monoisotopic (exact) mass is 276 g/mol. The third-order valence-corrected chi connectivity index (χ3v) is 2.68. The van der Waals surface area contributed by atoms with E-state index < -0.39 is 0 Å².